The van der Waals surface area contributed by atoms with Gasteiger partial charge in [0.25, 0.3) is 11.8 Å². The third-order valence-corrected chi connectivity index (χ3v) is 5.12. The molecule has 34 heavy (non-hydrogen) atoms. The fourth-order valence-corrected chi connectivity index (χ4v) is 3.25. The molecule has 8 nitrogen and oxygen atoms in total. The van der Waals surface area contributed by atoms with Gasteiger partial charge in [-0.2, -0.15) is 10.5 Å². The van der Waals surface area contributed by atoms with Crippen molar-refractivity contribution >= 4 is 39.6 Å². The number of imide groups is 2. The minimum Gasteiger partial charge on any atom is -0.587 e. The molecule has 0 unspecified atom stereocenters. The van der Waals surface area contributed by atoms with Crippen LogP contribution < -0.4 is 51.4 Å². The predicted molar refractivity (Wildman–Crippen MR) is 124 cm³/mol. The molecule has 168 valence electrons. The van der Waals surface area contributed by atoms with Crippen LogP contribution in [0.1, 0.15) is 67.1 Å². The first-order valence-electron chi connectivity index (χ1n) is 10.1. The molecule has 10 heteroatoms. The average molecular weight is 547 g/mol. The van der Waals surface area contributed by atoms with Crippen molar-refractivity contribution in [2.24, 2.45) is 0 Å². The molecule has 2 aromatic carbocycles. The molecule has 2 aliphatic heterocycles. The number of hydrogen-bond donors (Lipinski definition) is 0. The van der Waals surface area contributed by atoms with Crippen molar-refractivity contribution < 1.29 is 70.6 Å². The normalized spacial score (nSPS) is 12.5. The summed E-state index contributed by atoms with van der Waals surface area (Å²) in [5.41, 5.74) is 1.75. The third-order valence-electron chi connectivity index (χ3n) is 4.56. The number of carbonyl (C=O) groups excluding carboxylic acids is 4. The molecule has 0 N–H and O–H groups in total. The van der Waals surface area contributed by atoms with Gasteiger partial charge in [-0.3, -0.25) is 14.5 Å². The molecule has 2 aliphatic rings. The Bertz CT molecular complexity index is 1070. The zero-order chi connectivity index (χ0) is 24.2. The molecule has 0 fully saturated rings. The van der Waals surface area contributed by atoms with Crippen molar-refractivity contribution in [3.8, 4) is 12.1 Å². The SMILES string of the molecule is N#CCCCBr.N#CCCCN1C(=O)c2ccccc2C1=O.O=C1[N-]C(=O)c2ccccc21.[K+]. The third kappa shape index (κ3) is 7.95. The maximum absolute atomic E-state index is 11.8. The summed E-state index contributed by atoms with van der Waals surface area (Å²) in [6, 6.07) is 17.4. The van der Waals surface area contributed by atoms with E-state index in [0.717, 1.165) is 11.8 Å². The van der Waals surface area contributed by atoms with Crippen LogP contribution in [-0.2, 0) is 0 Å². The fraction of sp³-hybridized carbons (Fsp3) is 0.250. The zero-order valence-electron chi connectivity index (χ0n) is 18.7. The number of carbonyl (C=O) groups is 4. The van der Waals surface area contributed by atoms with Crippen LogP contribution in [0.3, 0.4) is 0 Å². The van der Waals surface area contributed by atoms with Gasteiger partial charge >= 0.3 is 51.4 Å². The minimum atomic E-state index is -0.425. The molecule has 4 rings (SSSR count). The number of amides is 4. The molecule has 2 heterocycles. The molecule has 0 bridgehead atoms. The van der Waals surface area contributed by atoms with E-state index in [1.807, 2.05) is 12.1 Å². The second-order valence-electron chi connectivity index (χ2n) is 6.79. The smallest absolute Gasteiger partial charge is 0.587 e. The van der Waals surface area contributed by atoms with Crippen molar-refractivity contribution in [1.82, 2.24) is 4.90 Å². The topological polar surface area (TPSA) is 133 Å². The number of halogens is 1. The maximum atomic E-state index is 11.8. The number of nitrogens with zero attached hydrogens (tertiary/aromatic N) is 4. The van der Waals surface area contributed by atoms with E-state index >= 15 is 0 Å². The summed E-state index contributed by atoms with van der Waals surface area (Å²) >= 11 is 3.20. The van der Waals surface area contributed by atoms with Crippen LogP contribution in [0.5, 0.6) is 0 Å². The zero-order valence-corrected chi connectivity index (χ0v) is 23.4. The number of unbranched alkanes of at least 4 members (excludes halogenated alkanes) is 2. The van der Waals surface area contributed by atoms with Gasteiger partial charge in [0.05, 0.1) is 35.1 Å². The summed E-state index contributed by atoms with van der Waals surface area (Å²) in [5.74, 6) is -1.35. The Kier molecular flexibility index (Phi) is 13.8. The van der Waals surface area contributed by atoms with E-state index in [0.29, 0.717) is 48.1 Å². The first-order chi connectivity index (χ1) is 16.0. The Morgan fingerprint density at radius 1 is 0.735 bits per heavy atom. The van der Waals surface area contributed by atoms with Gasteiger partial charge in [-0.25, -0.2) is 0 Å². The standard InChI is InChI=1S/C12H10N2O2.C8H5NO2.C4H6BrN.K/c13-7-3-4-8-14-11(15)9-5-1-2-6-10(9)12(14)16;10-7-5-3-1-2-4-6(5)8(11)9-7;5-3-1-2-4-6;/h1-2,5-6H,3-4,8H2;1-4H,(H,9,10,11);1-3H2;/q;;;+1/p-1. The molecule has 0 saturated carbocycles. The van der Waals surface area contributed by atoms with Crippen LogP contribution in [0.4, 0.5) is 0 Å². The van der Waals surface area contributed by atoms with Crippen LogP contribution in [0.25, 0.3) is 5.32 Å². The molecular weight excluding hydrogens is 527 g/mol. The second kappa shape index (κ2) is 15.7. The number of benzene rings is 2. The largest absolute Gasteiger partial charge is 1.00 e. The molecule has 0 radical (unpaired) electrons. The number of hydrogen-bond acceptors (Lipinski definition) is 6. The van der Waals surface area contributed by atoms with E-state index in [-0.39, 0.29) is 63.2 Å². The molecule has 0 atom stereocenters. The number of fused-ring (bicyclic) bond motifs is 2. The van der Waals surface area contributed by atoms with Crippen molar-refractivity contribution in [2.45, 2.75) is 25.7 Å². The van der Waals surface area contributed by atoms with Crippen LogP contribution in [0.15, 0.2) is 48.5 Å². The van der Waals surface area contributed by atoms with Gasteiger partial charge in [-0.05, 0) is 25.0 Å². The minimum absolute atomic E-state index is 0. The van der Waals surface area contributed by atoms with E-state index in [1.165, 1.54) is 4.90 Å². The van der Waals surface area contributed by atoms with Crippen molar-refractivity contribution in [2.75, 3.05) is 11.9 Å². The first-order valence-corrected chi connectivity index (χ1v) is 11.2. The summed E-state index contributed by atoms with van der Waals surface area (Å²) in [7, 11) is 0. The van der Waals surface area contributed by atoms with Crippen LogP contribution in [0, 0.1) is 22.7 Å². The quantitative estimate of drug-likeness (QED) is 0.242. The molecular formula is C24H20BrKN4O4. The maximum Gasteiger partial charge on any atom is 1.00 e. The Hall–Kier alpha value is -2.18. The number of nitriles is 2. The fourth-order valence-electron chi connectivity index (χ4n) is 2.97. The summed E-state index contributed by atoms with van der Waals surface area (Å²) in [4.78, 5) is 46.6. The monoisotopic (exact) mass is 546 g/mol. The average Bonchev–Trinajstić information content (AvgIpc) is 3.26. The van der Waals surface area contributed by atoms with Gasteiger partial charge in [0.15, 0.2) is 0 Å². The summed E-state index contributed by atoms with van der Waals surface area (Å²) < 4.78 is 0. The number of rotatable bonds is 5. The van der Waals surface area contributed by atoms with E-state index in [2.05, 4.69) is 21.2 Å². The van der Waals surface area contributed by atoms with Crippen LogP contribution in [-0.4, -0.2) is 40.4 Å². The van der Waals surface area contributed by atoms with Gasteiger partial charge in [-0.1, -0.05) is 52.3 Å². The first kappa shape index (κ1) is 29.8. The molecule has 0 aromatic heterocycles. The van der Waals surface area contributed by atoms with Gasteiger partial charge in [0.2, 0.25) is 0 Å². The second-order valence-corrected chi connectivity index (χ2v) is 7.58. The molecule has 0 aliphatic carbocycles. The van der Waals surface area contributed by atoms with Crippen molar-refractivity contribution in [3.05, 3.63) is 76.1 Å². The van der Waals surface area contributed by atoms with Gasteiger partial charge in [0.1, 0.15) is 0 Å². The number of alkyl halides is 1. The Labute approximate surface area is 248 Å². The van der Waals surface area contributed by atoms with E-state index < -0.39 is 11.8 Å². The van der Waals surface area contributed by atoms with Gasteiger partial charge in [-0.15, -0.1) is 0 Å². The molecule has 0 spiro atoms. The van der Waals surface area contributed by atoms with Crippen molar-refractivity contribution in [1.29, 1.82) is 10.5 Å². The van der Waals surface area contributed by atoms with E-state index in [9.17, 15) is 19.2 Å². The molecule has 2 aromatic rings. The molecule has 4 amide bonds. The Morgan fingerprint density at radius 3 is 1.53 bits per heavy atom. The van der Waals surface area contributed by atoms with Crippen molar-refractivity contribution in [3.63, 3.8) is 0 Å². The summed E-state index contributed by atoms with van der Waals surface area (Å²) in [6.45, 7) is 0.319. The summed E-state index contributed by atoms with van der Waals surface area (Å²) in [5, 5.41) is 20.6. The van der Waals surface area contributed by atoms with Gasteiger partial charge in [0, 0.05) is 35.8 Å². The van der Waals surface area contributed by atoms with Crippen LogP contribution >= 0.6 is 15.9 Å². The predicted octanol–water partition coefficient (Wildman–Crippen LogP) is 1.63. The van der Waals surface area contributed by atoms with Crippen LogP contribution in [0.2, 0.25) is 0 Å². The van der Waals surface area contributed by atoms with E-state index in [1.54, 1.807) is 48.5 Å². The van der Waals surface area contributed by atoms with Gasteiger partial charge < -0.3 is 14.9 Å². The Balaban J connectivity index is 0.000000280. The summed E-state index contributed by atoms with van der Waals surface area (Å²) in [6.07, 6.45) is 2.52. The van der Waals surface area contributed by atoms with E-state index in [4.69, 9.17) is 10.5 Å². The molecule has 0 saturated heterocycles. The Morgan fingerprint density at radius 2 is 1.15 bits per heavy atom.